The molecule has 7 nitrogen and oxygen atoms in total. The average Bonchev–Trinajstić information content (AvgIpc) is 3.01. The molecule has 1 aliphatic rings. The Balaban J connectivity index is 1.65. The molecular formula is C24H26N2O5. The van der Waals surface area contributed by atoms with Gasteiger partial charge in [0, 0.05) is 48.5 Å². The number of phenolic OH excluding ortho intramolecular Hbond substituents is 1. The van der Waals surface area contributed by atoms with E-state index >= 15 is 0 Å². The van der Waals surface area contributed by atoms with Crippen molar-refractivity contribution in [2.45, 2.75) is 13.1 Å². The molecule has 0 bridgehead atoms. The topological polar surface area (TPSA) is 73.3 Å². The quantitative estimate of drug-likeness (QED) is 0.646. The molecule has 162 valence electrons. The van der Waals surface area contributed by atoms with Crippen molar-refractivity contribution in [3.63, 3.8) is 0 Å². The number of aromatic hydroxyl groups is 1. The number of hydrogen-bond donors (Lipinski definition) is 1. The van der Waals surface area contributed by atoms with Crippen LogP contribution in [0, 0.1) is 0 Å². The predicted octanol–water partition coefficient (Wildman–Crippen LogP) is 3.87. The highest BCUT2D eigenvalue weighted by molar-refractivity contribution is 5.67. The molecule has 0 saturated heterocycles. The van der Waals surface area contributed by atoms with Gasteiger partial charge in [0.2, 0.25) is 5.88 Å². The van der Waals surface area contributed by atoms with Crippen LogP contribution in [-0.2, 0) is 13.1 Å². The van der Waals surface area contributed by atoms with Crippen LogP contribution in [0.4, 0.5) is 0 Å². The van der Waals surface area contributed by atoms with Crippen LogP contribution in [0.25, 0.3) is 11.3 Å². The number of benzene rings is 2. The summed E-state index contributed by atoms with van der Waals surface area (Å²) in [4.78, 5) is 6.78. The van der Waals surface area contributed by atoms with Crippen LogP contribution < -0.4 is 18.9 Å². The highest BCUT2D eigenvalue weighted by Crippen LogP contribution is 2.38. The highest BCUT2D eigenvalue weighted by atomic mass is 16.5. The zero-order valence-electron chi connectivity index (χ0n) is 17.9. The summed E-state index contributed by atoms with van der Waals surface area (Å²) in [6.07, 6.45) is 0. The maximum atomic E-state index is 10.4. The molecule has 0 aliphatic carbocycles. The second kappa shape index (κ2) is 9.14. The smallest absolute Gasteiger partial charge is 0.213 e. The van der Waals surface area contributed by atoms with E-state index in [1.165, 1.54) is 0 Å². The average molecular weight is 422 g/mol. The van der Waals surface area contributed by atoms with Crippen LogP contribution in [0.15, 0.2) is 48.5 Å². The van der Waals surface area contributed by atoms with Gasteiger partial charge in [0.15, 0.2) is 11.5 Å². The Morgan fingerprint density at radius 2 is 1.90 bits per heavy atom. The molecule has 1 aromatic heterocycles. The van der Waals surface area contributed by atoms with E-state index < -0.39 is 0 Å². The molecule has 2 aromatic carbocycles. The van der Waals surface area contributed by atoms with Crippen molar-refractivity contribution < 1.29 is 24.1 Å². The molecule has 1 N–H and O–H groups in total. The second-order valence-corrected chi connectivity index (χ2v) is 7.29. The first-order valence-electron chi connectivity index (χ1n) is 10.0. The Morgan fingerprint density at radius 1 is 1.03 bits per heavy atom. The number of nitrogens with zero attached hydrogens (tertiary/aromatic N) is 2. The largest absolute Gasteiger partial charge is 0.507 e. The van der Waals surface area contributed by atoms with Gasteiger partial charge in [0.25, 0.3) is 0 Å². The minimum atomic E-state index is 0.219. The summed E-state index contributed by atoms with van der Waals surface area (Å²) >= 11 is 0. The molecule has 2 heterocycles. The molecule has 31 heavy (non-hydrogen) atoms. The number of rotatable bonds is 6. The van der Waals surface area contributed by atoms with Crippen LogP contribution in [0.2, 0.25) is 0 Å². The predicted molar refractivity (Wildman–Crippen MR) is 117 cm³/mol. The Kier molecular flexibility index (Phi) is 6.13. The summed E-state index contributed by atoms with van der Waals surface area (Å²) in [5.74, 6) is 2.82. The SMILES string of the molecule is COc1ccc(CN2CCOc3c(cc(-c4cccc(OC)n4)cc3OC)C2)c(O)c1. The third-order valence-corrected chi connectivity index (χ3v) is 5.31. The van der Waals surface area contributed by atoms with Gasteiger partial charge in [-0.1, -0.05) is 12.1 Å². The first kappa shape index (κ1) is 20.8. The van der Waals surface area contributed by atoms with Crippen molar-refractivity contribution in [1.82, 2.24) is 9.88 Å². The lowest BCUT2D eigenvalue weighted by atomic mass is 10.0. The van der Waals surface area contributed by atoms with Crippen LogP contribution in [0.5, 0.6) is 28.9 Å². The fourth-order valence-corrected chi connectivity index (χ4v) is 3.71. The molecule has 1 aliphatic heterocycles. The number of fused-ring (bicyclic) bond motifs is 1. The summed E-state index contributed by atoms with van der Waals surface area (Å²) in [6, 6.07) is 15.1. The van der Waals surface area contributed by atoms with Crippen molar-refractivity contribution in [3.05, 3.63) is 59.7 Å². The lowest BCUT2D eigenvalue weighted by Gasteiger charge is -2.20. The first-order chi connectivity index (χ1) is 15.1. The maximum Gasteiger partial charge on any atom is 0.213 e. The molecule has 0 radical (unpaired) electrons. The van der Waals surface area contributed by atoms with Crippen molar-refractivity contribution >= 4 is 0 Å². The van der Waals surface area contributed by atoms with Gasteiger partial charge in [-0.3, -0.25) is 4.90 Å². The van der Waals surface area contributed by atoms with E-state index in [2.05, 4.69) is 16.0 Å². The van der Waals surface area contributed by atoms with E-state index in [1.54, 1.807) is 27.4 Å². The van der Waals surface area contributed by atoms with Crippen molar-refractivity contribution in [1.29, 1.82) is 0 Å². The van der Waals surface area contributed by atoms with E-state index in [1.807, 2.05) is 36.4 Å². The van der Waals surface area contributed by atoms with E-state index in [0.717, 1.165) is 34.7 Å². The lowest BCUT2D eigenvalue weighted by molar-refractivity contribution is 0.215. The van der Waals surface area contributed by atoms with Crippen LogP contribution >= 0.6 is 0 Å². The number of aromatic nitrogens is 1. The number of pyridine rings is 1. The van der Waals surface area contributed by atoms with Gasteiger partial charge < -0.3 is 24.1 Å². The minimum Gasteiger partial charge on any atom is -0.507 e. The molecule has 0 amide bonds. The third kappa shape index (κ3) is 4.51. The van der Waals surface area contributed by atoms with Gasteiger partial charge in [-0.25, -0.2) is 4.98 Å². The van der Waals surface area contributed by atoms with Gasteiger partial charge in [-0.15, -0.1) is 0 Å². The van der Waals surface area contributed by atoms with Gasteiger partial charge in [-0.05, 0) is 24.3 Å². The maximum absolute atomic E-state index is 10.4. The zero-order chi connectivity index (χ0) is 21.8. The Bertz CT molecular complexity index is 1070. The first-order valence-corrected chi connectivity index (χ1v) is 10.0. The van der Waals surface area contributed by atoms with E-state index in [9.17, 15) is 5.11 Å². The number of methoxy groups -OCH3 is 3. The summed E-state index contributed by atoms with van der Waals surface area (Å²) in [7, 11) is 4.82. The van der Waals surface area contributed by atoms with Crippen molar-refractivity contribution in [3.8, 4) is 40.1 Å². The van der Waals surface area contributed by atoms with E-state index in [-0.39, 0.29) is 5.75 Å². The van der Waals surface area contributed by atoms with Gasteiger partial charge in [0.05, 0.1) is 27.0 Å². The number of phenols is 1. The van der Waals surface area contributed by atoms with E-state index in [4.69, 9.17) is 18.9 Å². The lowest BCUT2D eigenvalue weighted by Crippen LogP contribution is -2.25. The molecule has 3 aromatic rings. The normalized spacial score (nSPS) is 13.6. The van der Waals surface area contributed by atoms with Crippen molar-refractivity contribution in [2.24, 2.45) is 0 Å². The molecule has 0 fully saturated rings. The number of ether oxygens (including phenoxy) is 4. The van der Waals surface area contributed by atoms with E-state index in [0.29, 0.717) is 37.1 Å². The fourth-order valence-electron chi connectivity index (χ4n) is 3.71. The minimum absolute atomic E-state index is 0.219. The molecule has 7 heteroatoms. The van der Waals surface area contributed by atoms with Gasteiger partial charge in [0.1, 0.15) is 18.1 Å². The van der Waals surface area contributed by atoms with Crippen LogP contribution in [0.3, 0.4) is 0 Å². The van der Waals surface area contributed by atoms with Gasteiger partial charge >= 0.3 is 0 Å². The van der Waals surface area contributed by atoms with Crippen molar-refractivity contribution in [2.75, 3.05) is 34.5 Å². The highest BCUT2D eigenvalue weighted by Gasteiger charge is 2.22. The summed E-state index contributed by atoms with van der Waals surface area (Å²) in [6.45, 7) is 2.48. The number of hydrogen-bond acceptors (Lipinski definition) is 7. The molecule has 0 atom stereocenters. The molecule has 0 unspecified atom stereocenters. The Hall–Kier alpha value is -3.45. The zero-order valence-corrected chi connectivity index (χ0v) is 17.9. The Labute approximate surface area is 181 Å². The monoisotopic (exact) mass is 422 g/mol. The summed E-state index contributed by atoms with van der Waals surface area (Å²) in [5.41, 5.74) is 3.56. The molecule has 0 saturated carbocycles. The Morgan fingerprint density at radius 3 is 2.65 bits per heavy atom. The summed E-state index contributed by atoms with van der Waals surface area (Å²) < 4.78 is 22.1. The molecule has 4 rings (SSSR count). The molecular weight excluding hydrogens is 396 g/mol. The van der Waals surface area contributed by atoms with Crippen LogP contribution in [-0.4, -0.2) is 49.5 Å². The second-order valence-electron chi connectivity index (χ2n) is 7.29. The fraction of sp³-hybridized carbons (Fsp3) is 0.292. The van der Waals surface area contributed by atoms with Gasteiger partial charge in [-0.2, -0.15) is 0 Å². The van der Waals surface area contributed by atoms with Crippen LogP contribution in [0.1, 0.15) is 11.1 Å². The standard InChI is InChI=1S/C24H26N2O5/c1-28-19-8-7-16(21(27)13-19)14-26-9-10-31-24-18(15-26)11-17(12-22(24)29-2)20-5-4-6-23(25-20)30-3/h4-8,11-13,27H,9-10,14-15H2,1-3H3. The summed E-state index contributed by atoms with van der Waals surface area (Å²) in [5, 5.41) is 10.4. The molecule has 0 spiro atoms. The third-order valence-electron chi connectivity index (χ3n) is 5.31.